The van der Waals surface area contributed by atoms with E-state index in [0.29, 0.717) is 13.1 Å². The molecule has 0 saturated carbocycles. The minimum absolute atomic E-state index is 0.0389. The van der Waals surface area contributed by atoms with Gasteiger partial charge in [-0.3, -0.25) is 4.79 Å². The van der Waals surface area contributed by atoms with Gasteiger partial charge in [-0.2, -0.15) is 4.31 Å². The zero-order valence-corrected chi connectivity index (χ0v) is 15.5. The van der Waals surface area contributed by atoms with Crippen LogP contribution in [-0.2, 0) is 14.8 Å². The topological polar surface area (TPSA) is 95.0 Å². The van der Waals surface area contributed by atoms with Gasteiger partial charge < -0.3 is 10.0 Å². The Kier molecular flexibility index (Phi) is 5.84. The van der Waals surface area contributed by atoms with Crippen LogP contribution in [0.15, 0.2) is 29.2 Å². The average Bonchev–Trinajstić information content (AvgIpc) is 2.60. The number of carbonyl (C=O) groups is 2. The molecule has 1 fully saturated rings. The number of hydrogen-bond donors (Lipinski definition) is 1. The van der Waals surface area contributed by atoms with Gasteiger partial charge in [0.2, 0.25) is 15.9 Å². The van der Waals surface area contributed by atoms with Gasteiger partial charge in [0.25, 0.3) is 0 Å². The summed E-state index contributed by atoms with van der Waals surface area (Å²) < 4.78 is 26.7. The Bertz CT molecular complexity index is 735. The monoisotopic (exact) mass is 368 g/mol. The largest absolute Gasteiger partial charge is 0.478 e. The van der Waals surface area contributed by atoms with E-state index in [1.54, 1.807) is 4.90 Å². The van der Waals surface area contributed by atoms with Crippen molar-refractivity contribution in [1.29, 1.82) is 0 Å². The zero-order valence-electron chi connectivity index (χ0n) is 14.7. The Morgan fingerprint density at radius 3 is 1.96 bits per heavy atom. The van der Waals surface area contributed by atoms with Crippen LogP contribution in [-0.4, -0.2) is 60.8 Å². The van der Waals surface area contributed by atoms with E-state index in [4.69, 9.17) is 5.11 Å². The molecule has 0 spiro atoms. The summed E-state index contributed by atoms with van der Waals surface area (Å²) in [4.78, 5) is 25.0. The highest BCUT2D eigenvalue weighted by Crippen LogP contribution is 2.20. The molecule has 1 aromatic rings. The van der Waals surface area contributed by atoms with Crippen LogP contribution in [0.2, 0.25) is 0 Å². The van der Waals surface area contributed by atoms with Crippen LogP contribution < -0.4 is 0 Å². The average molecular weight is 368 g/mol. The highest BCUT2D eigenvalue weighted by atomic mass is 32.2. The molecule has 0 bridgehead atoms. The molecule has 0 radical (unpaired) electrons. The first-order valence-electron chi connectivity index (χ1n) is 8.27. The molecule has 7 nitrogen and oxygen atoms in total. The van der Waals surface area contributed by atoms with Crippen molar-refractivity contribution in [3.63, 3.8) is 0 Å². The molecule has 25 heavy (non-hydrogen) atoms. The van der Waals surface area contributed by atoms with Crippen molar-refractivity contribution >= 4 is 21.9 Å². The van der Waals surface area contributed by atoms with Crippen LogP contribution in [0, 0.1) is 11.8 Å². The molecule has 8 heteroatoms. The molecule has 1 amide bonds. The summed E-state index contributed by atoms with van der Waals surface area (Å²) in [5.41, 5.74) is 0.0389. The van der Waals surface area contributed by atoms with Gasteiger partial charge in [-0.15, -0.1) is 0 Å². The summed E-state index contributed by atoms with van der Waals surface area (Å²) in [5.74, 6) is -0.901. The fourth-order valence-electron chi connectivity index (χ4n) is 2.64. The van der Waals surface area contributed by atoms with Gasteiger partial charge in [0, 0.05) is 32.1 Å². The molecular formula is C17H24N2O5S. The number of sulfonamides is 1. The fraction of sp³-hybridized carbons (Fsp3) is 0.529. The van der Waals surface area contributed by atoms with Crippen molar-refractivity contribution in [1.82, 2.24) is 9.21 Å². The Hall–Kier alpha value is -1.93. The van der Waals surface area contributed by atoms with Crippen molar-refractivity contribution < 1.29 is 23.1 Å². The summed E-state index contributed by atoms with van der Waals surface area (Å²) in [6, 6.07) is 5.16. The van der Waals surface area contributed by atoms with E-state index in [9.17, 15) is 18.0 Å². The second kappa shape index (κ2) is 7.53. The molecule has 1 heterocycles. The first kappa shape index (κ1) is 19.4. The van der Waals surface area contributed by atoms with Gasteiger partial charge in [-0.1, -0.05) is 20.8 Å². The lowest BCUT2D eigenvalue weighted by Gasteiger charge is -2.35. The lowest BCUT2D eigenvalue weighted by Crippen LogP contribution is -2.52. The van der Waals surface area contributed by atoms with E-state index in [1.807, 2.05) is 20.8 Å². The lowest BCUT2D eigenvalue weighted by molar-refractivity contribution is -0.137. The summed E-state index contributed by atoms with van der Waals surface area (Å²) in [5, 5.41) is 8.89. The quantitative estimate of drug-likeness (QED) is 0.850. The molecule has 1 aliphatic heterocycles. The summed E-state index contributed by atoms with van der Waals surface area (Å²) in [7, 11) is -3.69. The number of carbonyl (C=O) groups excluding carboxylic acids is 1. The molecule has 1 aliphatic rings. The molecule has 1 N–H and O–H groups in total. The summed E-state index contributed by atoms with van der Waals surface area (Å²) in [6.45, 7) is 7.07. The highest BCUT2D eigenvalue weighted by Gasteiger charge is 2.32. The molecule has 1 saturated heterocycles. The molecular weight excluding hydrogens is 344 g/mol. The van der Waals surface area contributed by atoms with Crippen molar-refractivity contribution in [3.8, 4) is 0 Å². The molecule has 1 aromatic carbocycles. The van der Waals surface area contributed by atoms with Crippen LogP contribution in [0.5, 0.6) is 0 Å². The first-order chi connectivity index (χ1) is 11.6. The summed E-state index contributed by atoms with van der Waals surface area (Å²) in [6.07, 6.45) is 0. The molecule has 2 rings (SSSR count). The predicted octanol–water partition coefficient (Wildman–Crippen LogP) is 1.51. The normalized spacial score (nSPS) is 17.5. The third-order valence-electron chi connectivity index (χ3n) is 4.68. The van der Waals surface area contributed by atoms with E-state index >= 15 is 0 Å². The van der Waals surface area contributed by atoms with Gasteiger partial charge >= 0.3 is 5.97 Å². The number of carboxylic acids is 1. The van der Waals surface area contributed by atoms with E-state index < -0.39 is 16.0 Å². The SMILES string of the molecule is CC(C)C(C)C(=O)N1CCN(S(=O)(=O)c2ccc(C(=O)O)cc2)CC1. The first-order valence-corrected chi connectivity index (χ1v) is 9.71. The number of hydrogen-bond acceptors (Lipinski definition) is 4. The molecule has 1 unspecified atom stereocenters. The van der Waals surface area contributed by atoms with Crippen LogP contribution >= 0.6 is 0 Å². The minimum atomic E-state index is -3.69. The van der Waals surface area contributed by atoms with E-state index in [-0.39, 0.29) is 41.3 Å². The van der Waals surface area contributed by atoms with Gasteiger partial charge in [0.05, 0.1) is 10.5 Å². The van der Waals surface area contributed by atoms with E-state index in [1.165, 1.54) is 28.6 Å². The Morgan fingerprint density at radius 1 is 1.00 bits per heavy atom. The van der Waals surface area contributed by atoms with Crippen LogP contribution in [0.25, 0.3) is 0 Å². The lowest BCUT2D eigenvalue weighted by atomic mass is 9.96. The number of carboxylic acid groups (broad SMARTS) is 1. The molecule has 1 atom stereocenters. The van der Waals surface area contributed by atoms with Gasteiger partial charge in [-0.25, -0.2) is 13.2 Å². The van der Waals surface area contributed by atoms with Gasteiger partial charge in [0.1, 0.15) is 0 Å². The Balaban J connectivity index is 2.06. The zero-order chi connectivity index (χ0) is 18.8. The van der Waals surface area contributed by atoms with E-state index in [0.717, 1.165) is 0 Å². The van der Waals surface area contributed by atoms with Crippen LogP contribution in [0.3, 0.4) is 0 Å². The predicted molar refractivity (Wildman–Crippen MR) is 92.7 cm³/mol. The number of aromatic carboxylic acids is 1. The second-order valence-electron chi connectivity index (χ2n) is 6.59. The summed E-state index contributed by atoms with van der Waals surface area (Å²) >= 11 is 0. The maximum Gasteiger partial charge on any atom is 0.335 e. The smallest absolute Gasteiger partial charge is 0.335 e. The number of piperazine rings is 1. The number of amides is 1. The number of rotatable bonds is 5. The third-order valence-corrected chi connectivity index (χ3v) is 6.59. The third kappa shape index (κ3) is 4.19. The number of benzene rings is 1. The highest BCUT2D eigenvalue weighted by molar-refractivity contribution is 7.89. The van der Waals surface area contributed by atoms with Gasteiger partial charge in [0.15, 0.2) is 0 Å². The number of nitrogens with zero attached hydrogens (tertiary/aromatic N) is 2. The van der Waals surface area contributed by atoms with Crippen LogP contribution in [0.4, 0.5) is 0 Å². The van der Waals surface area contributed by atoms with Crippen molar-refractivity contribution in [2.75, 3.05) is 26.2 Å². The maximum absolute atomic E-state index is 12.7. The molecule has 0 aromatic heterocycles. The Labute approximate surface area is 148 Å². The maximum atomic E-state index is 12.7. The van der Waals surface area contributed by atoms with Crippen molar-refractivity contribution in [2.24, 2.45) is 11.8 Å². The second-order valence-corrected chi connectivity index (χ2v) is 8.53. The van der Waals surface area contributed by atoms with E-state index in [2.05, 4.69) is 0 Å². The fourth-order valence-corrected chi connectivity index (χ4v) is 4.06. The van der Waals surface area contributed by atoms with Gasteiger partial charge in [-0.05, 0) is 30.2 Å². The Morgan fingerprint density at radius 2 is 1.52 bits per heavy atom. The van der Waals surface area contributed by atoms with Crippen molar-refractivity contribution in [2.45, 2.75) is 25.7 Å². The minimum Gasteiger partial charge on any atom is -0.478 e. The molecule has 138 valence electrons. The van der Waals surface area contributed by atoms with Crippen LogP contribution in [0.1, 0.15) is 31.1 Å². The van der Waals surface area contributed by atoms with Crippen molar-refractivity contribution in [3.05, 3.63) is 29.8 Å². The standard InChI is InChI=1S/C17H24N2O5S/c1-12(2)13(3)16(20)18-8-10-19(11-9-18)25(23,24)15-6-4-14(5-7-15)17(21)22/h4-7,12-13H,8-11H2,1-3H3,(H,21,22). The molecule has 0 aliphatic carbocycles.